The van der Waals surface area contributed by atoms with E-state index in [0.717, 1.165) is 9.87 Å². The Hall–Kier alpha value is -2.74. The van der Waals surface area contributed by atoms with Crippen LogP contribution in [-0.2, 0) is 14.8 Å². The number of nitrogens with one attached hydrogen (secondary N) is 1. The molecule has 0 spiro atoms. The summed E-state index contributed by atoms with van der Waals surface area (Å²) in [6, 6.07) is 19.1. The SMILES string of the molecule is COc1ccccc1[C@H](C)NC(=O)CN(c1ccc(Cl)cc1Cl)S(=O)(=O)c1ccccc1. The fraction of sp³-hybridized carbons (Fsp3) is 0.174. The number of methoxy groups -OCH3 is 1. The molecule has 0 aliphatic rings. The highest BCUT2D eigenvalue weighted by molar-refractivity contribution is 7.92. The minimum atomic E-state index is -4.08. The normalized spacial score (nSPS) is 12.1. The Balaban J connectivity index is 1.93. The smallest absolute Gasteiger partial charge is 0.264 e. The third-order valence-corrected chi connectivity index (χ3v) is 7.09. The van der Waals surface area contributed by atoms with E-state index in [0.29, 0.717) is 10.8 Å². The van der Waals surface area contributed by atoms with E-state index in [2.05, 4.69) is 5.32 Å². The van der Waals surface area contributed by atoms with Gasteiger partial charge in [-0.2, -0.15) is 0 Å². The Kier molecular flexibility index (Phi) is 7.66. The highest BCUT2D eigenvalue weighted by Crippen LogP contribution is 2.33. The van der Waals surface area contributed by atoms with E-state index in [-0.39, 0.29) is 15.6 Å². The lowest BCUT2D eigenvalue weighted by atomic mass is 10.1. The number of nitrogens with zero attached hydrogens (tertiary/aromatic N) is 1. The number of amides is 1. The number of ether oxygens (including phenoxy) is 1. The number of hydrogen-bond donors (Lipinski definition) is 1. The number of hydrogen-bond acceptors (Lipinski definition) is 4. The van der Waals surface area contributed by atoms with Crippen molar-refractivity contribution >= 4 is 44.8 Å². The van der Waals surface area contributed by atoms with Crippen LogP contribution in [0, 0.1) is 0 Å². The predicted molar refractivity (Wildman–Crippen MR) is 127 cm³/mol. The first kappa shape index (κ1) is 23.9. The third kappa shape index (κ3) is 5.35. The first-order valence-electron chi connectivity index (χ1n) is 9.69. The van der Waals surface area contributed by atoms with Gasteiger partial charge in [-0.15, -0.1) is 0 Å². The molecule has 0 aliphatic carbocycles. The van der Waals surface area contributed by atoms with E-state index in [1.807, 2.05) is 18.2 Å². The van der Waals surface area contributed by atoms with E-state index >= 15 is 0 Å². The van der Waals surface area contributed by atoms with Crippen molar-refractivity contribution in [1.82, 2.24) is 5.32 Å². The standard InChI is InChI=1S/C23H22Cl2N2O4S/c1-16(19-10-6-7-11-22(19)31-2)26-23(28)15-27(21-13-12-17(24)14-20(21)25)32(29,30)18-8-4-3-5-9-18/h3-14,16H,15H2,1-2H3,(H,26,28)/t16-/m0/s1. The van der Waals surface area contributed by atoms with Crippen LogP contribution in [0.25, 0.3) is 0 Å². The third-order valence-electron chi connectivity index (χ3n) is 4.78. The van der Waals surface area contributed by atoms with E-state index in [1.54, 1.807) is 38.3 Å². The summed E-state index contributed by atoms with van der Waals surface area (Å²) < 4.78 is 33.1. The fourth-order valence-corrected chi connectivity index (χ4v) is 5.24. The lowest BCUT2D eigenvalue weighted by Crippen LogP contribution is -2.41. The van der Waals surface area contributed by atoms with Crippen LogP contribution in [0.15, 0.2) is 77.7 Å². The van der Waals surface area contributed by atoms with Gasteiger partial charge in [-0.25, -0.2) is 8.42 Å². The van der Waals surface area contributed by atoms with Gasteiger partial charge in [0.15, 0.2) is 0 Å². The Morgan fingerprint density at radius 1 is 1.03 bits per heavy atom. The highest BCUT2D eigenvalue weighted by atomic mass is 35.5. The lowest BCUT2D eigenvalue weighted by molar-refractivity contribution is -0.120. The summed E-state index contributed by atoms with van der Waals surface area (Å²) in [5, 5.41) is 3.30. The van der Waals surface area contributed by atoms with Gasteiger partial charge in [0, 0.05) is 10.6 Å². The highest BCUT2D eigenvalue weighted by Gasteiger charge is 2.29. The van der Waals surface area contributed by atoms with Gasteiger partial charge >= 0.3 is 0 Å². The number of anilines is 1. The molecule has 0 bridgehead atoms. The van der Waals surface area contributed by atoms with Gasteiger partial charge < -0.3 is 10.1 Å². The van der Waals surface area contributed by atoms with Gasteiger partial charge in [0.1, 0.15) is 12.3 Å². The number of rotatable bonds is 8. The molecule has 1 N–H and O–H groups in total. The van der Waals surface area contributed by atoms with Crippen molar-refractivity contribution in [2.24, 2.45) is 0 Å². The van der Waals surface area contributed by atoms with Gasteiger partial charge in [0.05, 0.1) is 28.8 Å². The first-order valence-corrected chi connectivity index (χ1v) is 11.9. The molecule has 0 heterocycles. The Morgan fingerprint density at radius 2 is 1.69 bits per heavy atom. The van der Waals surface area contributed by atoms with E-state index in [9.17, 15) is 13.2 Å². The number of carbonyl (C=O) groups excluding carboxylic acids is 1. The van der Waals surface area contributed by atoms with Crippen molar-refractivity contribution in [3.63, 3.8) is 0 Å². The molecular formula is C23H22Cl2N2O4S. The fourth-order valence-electron chi connectivity index (χ4n) is 3.22. The quantitative estimate of drug-likeness (QED) is 0.475. The maximum absolute atomic E-state index is 13.4. The lowest BCUT2D eigenvalue weighted by Gasteiger charge is -2.26. The molecule has 0 saturated heterocycles. The van der Waals surface area contributed by atoms with Crippen LogP contribution in [-0.4, -0.2) is 28.0 Å². The van der Waals surface area contributed by atoms with E-state index < -0.39 is 28.5 Å². The van der Waals surface area contributed by atoms with Crippen molar-refractivity contribution in [2.45, 2.75) is 17.9 Å². The first-order chi connectivity index (χ1) is 15.2. The van der Waals surface area contributed by atoms with Gasteiger partial charge in [0.2, 0.25) is 5.91 Å². The largest absolute Gasteiger partial charge is 0.496 e. The summed E-state index contributed by atoms with van der Waals surface area (Å²) in [5.74, 6) is 0.115. The summed E-state index contributed by atoms with van der Waals surface area (Å²) in [6.45, 7) is 1.32. The minimum Gasteiger partial charge on any atom is -0.496 e. The van der Waals surface area contributed by atoms with Crippen LogP contribution in [0.4, 0.5) is 5.69 Å². The molecule has 0 radical (unpaired) electrons. The zero-order chi connectivity index (χ0) is 23.3. The van der Waals surface area contributed by atoms with Crippen molar-refractivity contribution in [2.75, 3.05) is 18.0 Å². The molecular weight excluding hydrogens is 471 g/mol. The molecule has 1 amide bonds. The second kappa shape index (κ2) is 10.3. The van der Waals surface area contributed by atoms with E-state index in [4.69, 9.17) is 27.9 Å². The molecule has 0 unspecified atom stereocenters. The maximum Gasteiger partial charge on any atom is 0.264 e. The van der Waals surface area contributed by atoms with Crippen molar-refractivity contribution in [1.29, 1.82) is 0 Å². The van der Waals surface area contributed by atoms with Crippen LogP contribution in [0.1, 0.15) is 18.5 Å². The second-order valence-electron chi connectivity index (χ2n) is 6.95. The molecule has 0 aliphatic heterocycles. The summed E-state index contributed by atoms with van der Waals surface area (Å²) in [6.07, 6.45) is 0. The number of halogens is 2. The van der Waals surface area contributed by atoms with Crippen molar-refractivity contribution < 1.29 is 17.9 Å². The summed E-state index contributed by atoms with van der Waals surface area (Å²) in [5.41, 5.74) is 0.922. The molecule has 0 fully saturated rings. The molecule has 1 atom stereocenters. The molecule has 9 heteroatoms. The van der Waals surface area contributed by atoms with E-state index in [1.165, 1.54) is 30.3 Å². The average Bonchev–Trinajstić information content (AvgIpc) is 2.78. The number of para-hydroxylation sites is 1. The Labute approximate surface area is 197 Å². The van der Waals surface area contributed by atoms with Gasteiger partial charge in [-0.05, 0) is 43.3 Å². The molecule has 3 aromatic carbocycles. The summed E-state index contributed by atoms with van der Waals surface area (Å²) >= 11 is 12.3. The summed E-state index contributed by atoms with van der Waals surface area (Å²) in [4.78, 5) is 13.0. The number of sulfonamides is 1. The predicted octanol–water partition coefficient (Wildman–Crippen LogP) is 5.07. The average molecular weight is 493 g/mol. The molecule has 168 valence electrons. The zero-order valence-electron chi connectivity index (χ0n) is 17.5. The Morgan fingerprint density at radius 3 is 2.34 bits per heavy atom. The summed E-state index contributed by atoms with van der Waals surface area (Å²) in [7, 11) is -2.53. The number of benzene rings is 3. The number of carbonyl (C=O) groups is 1. The minimum absolute atomic E-state index is 0.0385. The second-order valence-corrected chi connectivity index (χ2v) is 9.66. The van der Waals surface area contributed by atoms with Gasteiger partial charge in [-0.1, -0.05) is 59.6 Å². The Bertz CT molecular complexity index is 1200. The molecule has 3 aromatic rings. The molecule has 32 heavy (non-hydrogen) atoms. The van der Waals surface area contributed by atoms with Crippen LogP contribution < -0.4 is 14.4 Å². The molecule has 0 saturated carbocycles. The van der Waals surface area contributed by atoms with Crippen LogP contribution in [0.5, 0.6) is 5.75 Å². The van der Waals surface area contributed by atoms with Crippen LogP contribution in [0.2, 0.25) is 10.0 Å². The molecule has 0 aromatic heterocycles. The van der Waals surface area contributed by atoms with Crippen LogP contribution in [0.3, 0.4) is 0 Å². The van der Waals surface area contributed by atoms with Gasteiger partial charge in [-0.3, -0.25) is 9.10 Å². The molecule has 3 rings (SSSR count). The van der Waals surface area contributed by atoms with Crippen molar-refractivity contribution in [3.05, 3.63) is 88.4 Å². The molecule has 6 nitrogen and oxygen atoms in total. The topological polar surface area (TPSA) is 75.7 Å². The zero-order valence-corrected chi connectivity index (χ0v) is 19.8. The van der Waals surface area contributed by atoms with Gasteiger partial charge in [0.25, 0.3) is 10.0 Å². The maximum atomic E-state index is 13.4. The van der Waals surface area contributed by atoms with Crippen LogP contribution >= 0.6 is 23.2 Å². The monoisotopic (exact) mass is 492 g/mol. The van der Waals surface area contributed by atoms with Crippen molar-refractivity contribution in [3.8, 4) is 5.75 Å².